The van der Waals surface area contributed by atoms with Crippen LogP contribution in [0.2, 0.25) is 0 Å². The van der Waals surface area contributed by atoms with Crippen LogP contribution in [0.25, 0.3) is 0 Å². The first-order chi connectivity index (χ1) is 9.69. The molecule has 1 aliphatic heterocycles. The summed E-state index contributed by atoms with van der Waals surface area (Å²) in [6, 6.07) is 0. The fourth-order valence-corrected chi connectivity index (χ4v) is 2.59. The van der Waals surface area contributed by atoms with E-state index in [1.165, 1.54) is 7.11 Å². The third-order valence-corrected chi connectivity index (χ3v) is 3.79. The van der Waals surface area contributed by atoms with Gasteiger partial charge in [0.25, 0.3) is 0 Å². The van der Waals surface area contributed by atoms with E-state index in [0.717, 1.165) is 0 Å². The number of rotatable bonds is 3. The molecule has 0 aromatic carbocycles. The first kappa shape index (κ1) is 17.8. The van der Waals surface area contributed by atoms with E-state index in [2.05, 4.69) is 0 Å². The normalized spacial score (nSPS) is 26.4. The highest BCUT2D eigenvalue weighted by atomic mass is 16.6. The number of piperidine rings is 1. The van der Waals surface area contributed by atoms with E-state index in [9.17, 15) is 9.59 Å². The molecule has 0 bridgehead atoms. The van der Waals surface area contributed by atoms with Crippen LogP contribution in [0.4, 0.5) is 4.79 Å². The summed E-state index contributed by atoms with van der Waals surface area (Å²) in [4.78, 5) is 25.8. The van der Waals surface area contributed by atoms with Crippen molar-refractivity contribution in [3.63, 3.8) is 0 Å². The summed E-state index contributed by atoms with van der Waals surface area (Å²) in [6.45, 7) is 8.80. The second-order valence-corrected chi connectivity index (χ2v) is 6.59. The van der Waals surface area contributed by atoms with Gasteiger partial charge in [-0.2, -0.15) is 0 Å². The molecule has 21 heavy (non-hydrogen) atoms. The maximum absolute atomic E-state index is 12.2. The summed E-state index contributed by atoms with van der Waals surface area (Å²) < 4.78 is 15.5. The third-order valence-electron chi connectivity index (χ3n) is 3.79. The smallest absolute Gasteiger partial charge is 0.410 e. The molecule has 6 heteroatoms. The standard InChI is InChI=1S/C15H27NO5/c1-10-11(9-19-5)7-16(8-12(10)13(17)20-6)14(18)21-15(2,3)4/h10-12H,7-9H2,1-6H3. The molecule has 1 heterocycles. The van der Waals surface area contributed by atoms with E-state index in [4.69, 9.17) is 14.2 Å². The summed E-state index contributed by atoms with van der Waals surface area (Å²) in [7, 11) is 2.99. The Hall–Kier alpha value is -1.30. The molecule has 0 N–H and O–H groups in total. The Morgan fingerprint density at radius 3 is 2.29 bits per heavy atom. The number of hydrogen-bond acceptors (Lipinski definition) is 5. The summed E-state index contributed by atoms with van der Waals surface area (Å²) in [6.07, 6.45) is -0.399. The molecular weight excluding hydrogens is 274 g/mol. The molecule has 1 saturated heterocycles. The Bertz CT molecular complexity index is 377. The molecule has 1 fully saturated rings. The van der Waals surface area contributed by atoms with Crippen LogP contribution in [-0.2, 0) is 19.0 Å². The largest absolute Gasteiger partial charge is 0.469 e. The molecule has 6 nitrogen and oxygen atoms in total. The van der Waals surface area contributed by atoms with Crippen LogP contribution >= 0.6 is 0 Å². The molecule has 1 amide bonds. The Balaban J connectivity index is 2.85. The lowest BCUT2D eigenvalue weighted by Crippen LogP contribution is -2.52. The molecule has 0 aromatic rings. The Morgan fingerprint density at radius 2 is 1.81 bits per heavy atom. The molecule has 0 spiro atoms. The Morgan fingerprint density at radius 1 is 1.19 bits per heavy atom. The van der Waals surface area contributed by atoms with Crippen molar-refractivity contribution in [1.82, 2.24) is 4.90 Å². The lowest BCUT2D eigenvalue weighted by Gasteiger charge is -2.41. The quantitative estimate of drug-likeness (QED) is 0.745. The van der Waals surface area contributed by atoms with Gasteiger partial charge in [0.1, 0.15) is 5.60 Å². The molecule has 0 radical (unpaired) electrons. The number of likely N-dealkylation sites (tertiary alicyclic amines) is 1. The highest BCUT2D eigenvalue weighted by molar-refractivity contribution is 5.75. The van der Waals surface area contributed by atoms with E-state index < -0.39 is 11.7 Å². The van der Waals surface area contributed by atoms with Crippen molar-refractivity contribution >= 4 is 12.1 Å². The molecule has 3 atom stereocenters. The minimum Gasteiger partial charge on any atom is -0.469 e. The molecule has 3 unspecified atom stereocenters. The van der Waals surface area contributed by atoms with Crippen LogP contribution in [0.3, 0.4) is 0 Å². The predicted molar refractivity (Wildman–Crippen MR) is 77.8 cm³/mol. The molecule has 0 aliphatic carbocycles. The molecule has 122 valence electrons. The molecule has 0 aromatic heterocycles. The van der Waals surface area contributed by atoms with Crippen LogP contribution in [0.15, 0.2) is 0 Å². The summed E-state index contributed by atoms with van der Waals surface area (Å²) in [5, 5.41) is 0. The van der Waals surface area contributed by atoms with Crippen molar-refractivity contribution in [2.75, 3.05) is 33.9 Å². The van der Waals surface area contributed by atoms with Crippen molar-refractivity contribution in [1.29, 1.82) is 0 Å². The van der Waals surface area contributed by atoms with Gasteiger partial charge < -0.3 is 19.1 Å². The fourth-order valence-electron chi connectivity index (χ4n) is 2.59. The zero-order valence-electron chi connectivity index (χ0n) is 13.8. The van der Waals surface area contributed by atoms with E-state index in [0.29, 0.717) is 19.7 Å². The number of ether oxygens (including phenoxy) is 3. The average Bonchev–Trinajstić information content (AvgIpc) is 2.38. The van der Waals surface area contributed by atoms with Gasteiger partial charge in [-0.3, -0.25) is 4.79 Å². The average molecular weight is 301 g/mol. The van der Waals surface area contributed by atoms with Gasteiger partial charge in [0.15, 0.2) is 0 Å². The van der Waals surface area contributed by atoms with Crippen LogP contribution < -0.4 is 0 Å². The number of esters is 1. The maximum Gasteiger partial charge on any atom is 0.410 e. The van der Waals surface area contributed by atoms with Crippen molar-refractivity contribution in [3.8, 4) is 0 Å². The second kappa shape index (κ2) is 7.11. The maximum atomic E-state index is 12.2. The van der Waals surface area contributed by atoms with Gasteiger partial charge in [-0.15, -0.1) is 0 Å². The second-order valence-electron chi connectivity index (χ2n) is 6.59. The zero-order chi connectivity index (χ0) is 16.2. The van der Waals surface area contributed by atoms with Gasteiger partial charge in [0, 0.05) is 26.1 Å². The predicted octanol–water partition coefficient (Wildman–Crippen LogP) is 1.92. The lowest BCUT2D eigenvalue weighted by molar-refractivity contribution is -0.151. The Kier molecular flexibility index (Phi) is 6.01. The minimum atomic E-state index is -0.558. The van der Waals surface area contributed by atoms with Crippen molar-refractivity contribution in [2.24, 2.45) is 17.8 Å². The van der Waals surface area contributed by atoms with Crippen molar-refractivity contribution in [2.45, 2.75) is 33.3 Å². The molecule has 0 saturated carbocycles. The molecule has 1 aliphatic rings. The molecular formula is C15H27NO5. The Labute approximate surface area is 126 Å². The van der Waals surface area contributed by atoms with E-state index >= 15 is 0 Å². The van der Waals surface area contributed by atoms with Gasteiger partial charge in [0.2, 0.25) is 0 Å². The number of carbonyl (C=O) groups excluding carboxylic acids is 2. The lowest BCUT2D eigenvalue weighted by atomic mass is 9.79. The van der Waals surface area contributed by atoms with Crippen LogP contribution in [0.1, 0.15) is 27.7 Å². The van der Waals surface area contributed by atoms with Crippen LogP contribution in [0, 0.1) is 17.8 Å². The summed E-state index contributed by atoms with van der Waals surface area (Å²) in [5.74, 6) is -0.468. The number of hydrogen-bond donors (Lipinski definition) is 0. The van der Waals surface area contributed by atoms with E-state index in [1.807, 2.05) is 27.7 Å². The van der Waals surface area contributed by atoms with E-state index in [1.54, 1.807) is 12.0 Å². The van der Waals surface area contributed by atoms with Gasteiger partial charge in [0.05, 0.1) is 19.6 Å². The van der Waals surface area contributed by atoms with Gasteiger partial charge >= 0.3 is 12.1 Å². The van der Waals surface area contributed by atoms with Gasteiger partial charge in [-0.25, -0.2) is 4.79 Å². The highest BCUT2D eigenvalue weighted by Gasteiger charge is 2.41. The summed E-state index contributed by atoms with van der Waals surface area (Å²) >= 11 is 0. The monoisotopic (exact) mass is 301 g/mol. The van der Waals surface area contributed by atoms with Gasteiger partial charge in [-0.1, -0.05) is 6.92 Å². The SMILES string of the molecule is COCC1CN(C(=O)OC(C)(C)C)CC(C(=O)OC)C1C. The summed E-state index contributed by atoms with van der Waals surface area (Å²) in [5.41, 5.74) is -0.558. The number of amides is 1. The highest BCUT2D eigenvalue weighted by Crippen LogP contribution is 2.30. The fraction of sp³-hybridized carbons (Fsp3) is 0.867. The van der Waals surface area contributed by atoms with Crippen LogP contribution in [0.5, 0.6) is 0 Å². The van der Waals surface area contributed by atoms with Crippen molar-refractivity contribution in [3.05, 3.63) is 0 Å². The number of nitrogens with zero attached hydrogens (tertiary/aromatic N) is 1. The van der Waals surface area contributed by atoms with Gasteiger partial charge in [-0.05, 0) is 26.7 Å². The van der Waals surface area contributed by atoms with Crippen molar-refractivity contribution < 1.29 is 23.8 Å². The first-order valence-corrected chi connectivity index (χ1v) is 7.24. The third kappa shape index (κ3) is 4.88. The first-order valence-electron chi connectivity index (χ1n) is 7.24. The molecule has 1 rings (SSSR count). The minimum absolute atomic E-state index is 0.0837. The number of methoxy groups -OCH3 is 2. The van der Waals surface area contributed by atoms with E-state index in [-0.39, 0.29) is 23.7 Å². The number of carbonyl (C=O) groups is 2. The topological polar surface area (TPSA) is 65.1 Å². The van der Waals surface area contributed by atoms with Crippen LogP contribution in [-0.4, -0.2) is 56.5 Å². The zero-order valence-corrected chi connectivity index (χ0v) is 13.8.